The van der Waals surface area contributed by atoms with Crippen LogP contribution in [0.3, 0.4) is 0 Å². The molecule has 1 atom stereocenters. The van der Waals surface area contributed by atoms with Crippen LogP contribution in [0.2, 0.25) is 0 Å². The van der Waals surface area contributed by atoms with E-state index in [2.05, 4.69) is 22.7 Å². The maximum absolute atomic E-state index is 5.86. The van der Waals surface area contributed by atoms with Crippen LogP contribution >= 0.6 is 12.2 Å². The summed E-state index contributed by atoms with van der Waals surface area (Å²) in [6, 6.07) is 14.2. The minimum absolute atomic E-state index is 0.141. The molecule has 20 heavy (non-hydrogen) atoms. The summed E-state index contributed by atoms with van der Waals surface area (Å²) < 4.78 is 5.86. The summed E-state index contributed by atoms with van der Waals surface area (Å²) in [4.78, 5) is 0. The van der Waals surface area contributed by atoms with Gasteiger partial charge in [0.1, 0.15) is 11.9 Å². The van der Waals surface area contributed by atoms with Gasteiger partial charge in [0.05, 0.1) is 5.71 Å². The first-order valence-electron chi connectivity index (χ1n) is 6.31. The first kappa shape index (κ1) is 14.3. The molecule has 0 saturated carbocycles. The number of hydrogen-bond acceptors (Lipinski definition) is 3. The zero-order chi connectivity index (χ0) is 14.5. The van der Waals surface area contributed by atoms with Crippen molar-refractivity contribution in [3.8, 4) is 5.75 Å². The first-order valence-corrected chi connectivity index (χ1v) is 6.72. The normalized spacial score (nSPS) is 13.0. The van der Waals surface area contributed by atoms with E-state index >= 15 is 0 Å². The monoisotopic (exact) mass is 287 g/mol. The van der Waals surface area contributed by atoms with Crippen LogP contribution in [-0.2, 0) is 0 Å². The van der Waals surface area contributed by atoms with E-state index in [0.717, 1.165) is 16.8 Å². The van der Waals surface area contributed by atoms with Gasteiger partial charge in [-0.2, -0.15) is 5.10 Å². The highest BCUT2D eigenvalue weighted by atomic mass is 32.1. The molecule has 0 fully saturated rings. The molecule has 2 aromatic rings. The zero-order valence-electron chi connectivity index (χ0n) is 11.5. The number of nitrogens with two attached hydrogens (primary N) is 1. The Labute approximate surface area is 123 Å². The van der Waals surface area contributed by atoms with Crippen molar-refractivity contribution >= 4 is 33.8 Å². The largest absolute Gasteiger partial charge is 0.485 e. The van der Waals surface area contributed by atoms with Crippen molar-refractivity contribution in [3.63, 3.8) is 0 Å². The van der Waals surface area contributed by atoms with Gasteiger partial charge in [0.25, 0.3) is 0 Å². The van der Waals surface area contributed by atoms with Gasteiger partial charge in [-0.1, -0.05) is 30.3 Å². The van der Waals surface area contributed by atoms with E-state index in [9.17, 15) is 0 Å². The molecule has 0 aliphatic carbocycles. The maximum atomic E-state index is 5.86. The number of thiocarbonyl (C=S) groups is 1. The molecule has 0 aliphatic heterocycles. The van der Waals surface area contributed by atoms with Crippen molar-refractivity contribution < 1.29 is 4.74 Å². The smallest absolute Gasteiger partial charge is 0.184 e. The van der Waals surface area contributed by atoms with Crippen LogP contribution in [-0.4, -0.2) is 16.9 Å². The minimum Gasteiger partial charge on any atom is -0.485 e. The molecule has 2 rings (SSSR count). The molecule has 0 bridgehead atoms. The molecule has 0 heterocycles. The second kappa shape index (κ2) is 6.34. The predicted molar refractivity (Wildman–Crippen MR) is 87.1 cm³/mol. The Balaban J connectivity index is 2.11. The summed E-state index contributed by atoms with van der Waals surface area (Å²) in [6.45, 7) is 3.78. The number of benzene rings is 2. The molecular formula is C15H17N3OS. The van der Waals surface area contributed by atoms with Crippen LogP contribution in [0.4, 0.5) is 0 Å². The van der Waals surface area contributed by atoms with Crippen LogP contribution < -0.4 is 15.9 Å². The van der Waals surface area contributed by atoms with Crippen molar-refractivity contribution in [3.05, 3.63) is 42.5 Å². The van der Waals surface area contributed by atoms with Crippen LogP contribution in [0, 0.1) is 0 Å². The van der Waals surface area contributed by atoms with E-state index in [0.29, 0.717) is 0 Å². The third-order valence-electron chi connectivity index (χ3n) is 2.96. The highest BCUT2D eigenvalue weighted by Gasteiger charge is 2.08. The van der Waals surface area contributed by atoms with Gasteiger partial charge >= 0.3 is 0 Å². The Morgan fingerprint density at radius 1 is 1.25 bits per heavy atom. The number of rotatable bonds is 4. The van der Waals surface area contributed by atoms with Gasteiger partial charge in [0.2, 0.25) is 0 Å². The second-order valence-electron chi connectivity index (χ2n) is 4.50. The van der Waals surface area contributed by atoms with Crippen molar-refractivity contribution in [2.45, 2.75) is 20.0 Å². The molecule has 0 aliphatic rings. The Morgan fingerprint density at radius 3 is 2.65 bits per heavy atom. The van der Waals surface area contributed by atoms with Crippen molar-refractivity contribution in [2.24, 2.45) is 10.8 Å². The SMILES string of the molecule is C/C(=N\NC(N)=S)C(C)Oc1ccc2ccccc2c1. The summed E-state index contributed by atoms with van der Waals surface area (Å²) in [5, 5.41) is 6.53. The average molecular weight is 287 g/mol. The molecular weight excluding hydrogens is 270 g/mol. The van der Waals surface area contributed by atoms with Crippen LogP contribution in [0.5, 0.6) is 5.75 Å². The Hall–Kier alpha value is -2.14. The van der Waals surface area contributed by atoms with Gasteiger partial charge in [-0.3, -0.25) is 5.43 Å². The lowest BCUT2D eigenvalue weighted by Crippen LogP contribution is -2.29. The molecule has 0 radical (unpaired) electrons. The van der Waals surface area contributed by atoms with Crippen molar-refractivity contribution in [1.29, 1.82) is 0 Å². The molecule has 0 saturated heterocycles. The lowest BCUT2D eigenvalue weighted by molar-refractivity contribution is 0.286. The predicted octanol–water partition coefficient (Wildman–Crippen LogP) is 2.82. The Kier molecular flexibility index (Phi) is 4.53. The molecule has 2 aromatic carbocycles. The zero-order valence-corrected chi connectivity index (χ0v) is 12.3. The molecule has 0 aromatic heterocycles. The molecule has 0 amide bonds. The van der Waals surface area contributed by atoms with Gasteiger partial charge in [-0.15, -0.1) is 0 Å². The summed E-state index contributed by atoms with van der Waals surface area (Å²) in [6.07, 6.45) is -0.169. The highest BCUT2D eigenvalue weighted by molar-refractivity contribution is 7.80. The summed E-state index contributed by atoms with van der Waals surface area (Å²) in [5.74, 6) is 0.807. The molecule has 1 unspecified atom stereocenters. The van der Waals surface area contributed by atoms with Crippen molar-refractivity contribution in [1.82, 2.24) is 5.43 Å². The minimum atomic E-state index is -0.169. The summed E-state index contributed by atoms with van der Waals surface area (Å²) in [5.41, 5.74) is 8.66. The van der Waals surface area contributed by atoms with Crippen LogP contribution in [0.25, 0.3) is 10.8 Å². The molecule has 104 valence electrons. The average Bonchev–Trinajstić information content (AvgIpc) is 2.44. The number of ether oxygens (including phenoxy) is 1. The maximum Gasteiger partial charge on any atom is 0.184 e. The number of hydrazone groups is 1. The van der Waals surface area contributed by atoms with Gasteiger partial charge in [-0.05, 0) is 49.0 Å². The van der Waals surface area contributed by atoms with Crippen LogP contribution in [0.1, 0.15) is 13.8 Å². The van der Waals surface area contributed by atoms with Gasteiger partial charge in [-0.25, -0.2) is 0 Å². The third-order valence-corrected chi connectivity index (χ3v) is 3.06. The molecule has 5 heteroatoms. The highest BCUT2D eigenvalue weighted by Crippen LogP contribution is 2.21. The Morgan fingerprint density at radius 2 is 1.95 bits per heavy atom. The number of hydrogen-bond donors (Lipinski definition) is 2. The van der Waals surface area contributed by atoms with Gasteiger partial charge < -0.3 is 10.5 Å². The molecule has 4 nitrogen and oxygen atoms in total. The first-order chi connectivity index (χ1) is 9.56. The fourth-order valence-corrected chi connectivity index (χ4v) is 1.81. The fourth-order valence-electron chi connectivity index (χ4n) is 1.76. The topological polar surface area (TPSA) is 59.6 Å². The summed E-state index contributed by atoms with van der Waals surface area (Å²) >= 11 is 4.70. The van der Waals surface area contributed by atoms with E-state index in [4.69, 9.17) is 22.7 Å². The lowest BCUT2D eigenvalue weighted by Gasteiger charge is -2.15. The standard InChI is InChI=1S/C15H17N3OS/c1-10(17-18-15(16)20)11(2)19-14-8-7-12-5-3-4-6-13(12)9-14/h3-9,11H,1-2H3,(H3,16,18,20)/b17-10+. The fraction of sp³-hybridized carbons (Fsp3) is 0.200. The number of fused-ring (bicyclic) bond motifs is 1. The van der Waals surface area contributed by atoms with E-state index in [1.54, 1.807) is 0 Å². The van der Waals surface area contributed by atoms with E-state index in [1.165, 1.54) is 5.39 Å². The van der Waals surface area contributed by atoms with E-state index in [-0.39, 0.29) is 11.2 Å². The Bertz CT molecular complexity index is 654. The molecule has 3 N–H and O–H groups in total. The third kappa shape index (κ3) is 3.68. The van der Waals surface area contributed by atoms with Gasteiger partial charge in [0.15, 0.2) is 5.11 Å². The number of nitrogens with zero attached hydrogens (tertiary/aromatic N) is 1. The molecule has 0 spiro atoms. The van der Waals surface area contributed by atoms with E-state index in [1.807, 2.05) is 44.2 Å². The number of nitrogens with one attached hydrogen (secondary N) is 1. The lowest BCUT2D eigenvalue weighted by atomic mass is 10.1. The quantitative estimate of drug-likeness (QED) is 0.516. The second-order valence-corrected chi connectivity index (χ2v) is 4.94. The van der Waals surface area contributed by atoms with E-state index < -0.39 is 0 Å². The van der Waals surface area contributed by atoms with Crippen molar-refractivity contribution in [2.75, 3.05) is 0 Å². The summed E-state index contributed by atoms with van der Waals surface area (Å²) in [7, 11) is 0. The van der Waals surface area contributed by atoms with Crippen LogP contribution in [0.15, 0.2) is 47.6 Å². The van der Waals surface area contributed by atoms with Gasteiger partial charge in [0, 0.05) is 0 Å².